The van der Waals surface area contributed by atoms with Crippen LogP contribution in [0.5, 0.6) is 11.5 Å². The largest absolute Gasteiger partial charge is 0.457 e. The zero-order valence-corrected chi connectivity index (χ0v) is 12.8. The molecule has 0 radical (unpaired) electrons. The number of benzene rings is 2. The van der Waals surface area contributed by atoms with Gasteiger partial charge in [0, 0.05) is 4.47 Å². The first-order valence-electron chi connectivity index (χ1n) is 6.04. The third-order valence-electron chi connectivity index (χ3n) is 3.03. The molecule has 0 unspecified atom stereocenters. The minimum absolute atomic E-state index is 0.0105. The quantitative estimate of drug-likeness (QED) is 0.386. The molecular weight excluding hydrogens is 320 g/mol. The van der Waals surface area contributed by atoms with E-state index in [-0.39, 0.29) is 5.84 Å². The lowest BCUT2D eigenvalue weighted by Crippen LogP contribution is -2.14. The van der Waals surface area contributed by atoms with E-state index in [9.17, 15) is 0 Å². The zero-order valence-electron chi connectivity index (χ0n) is 11.2. The van der Waals surface area contributed by atoms with Gasteiger partial charge in [0.2, 0.25) is 0 Å². The van der Waals surface area contributed by atoms with Crippen molar-refractivity contribution in [1.82, 2.24) is 0 Å². The van der Waals surface area contributed by atoms with E-state index in [0.29, 0.717) is 17.1 Å². The summed E-state index contributed by atoms with van der Waals surface area (Å²) >= 11 is 3.38. The molecule has 4 nitrogen and oxygen atoms in total. The van der Waals surface area contributed by atoms with Crippen LogP contribution in [0.3, 0.4) is 0 Å². The normalized spacial score (nSPS) is 11.4. The maximum Gasteiger partial charge on any atom is 0.173 e. The Morgan fingerprint density at radius 2 is 1.90 bits per heavy atom. The summed E-state index contributed by atoms with van der Waals surface area (Å²) in [7, 11) is 0. The predicted octanol–water partition coefficient (Wildman–Crippen LogP) is 3.95. The molecule has 2 aromatic carbocycles. The van der Waals surface area contributed by atoms with E-state index >= 15 is 0 Å². The molecule has 3 N–H and O–H groups in total. The minimum Gasteiger partial charge on any atom is -0.457 e. The molecule has 0 fully saturated rings. The molecule has 0 aromatic heterocycles. The molecule has 2 aromatic rings. The number of hydrogen-bond acceptors (Lipinski definition) is 3. The summed E-state index contributed by atoms with van der Waals surface area (Å²) in [5, 5.41) is 11.8. The molecule has 0 bridgehead atoms. The van der Waals surface area contributed by atoms with Crippen LogP contribution in [0.1, 0.15) is 16.7 Å². The van der Waals surface area contributed by atoms with Gasteiger partial charge in [0.15, 0.2) is 5.84 Å². The van der Waals surface area contributed by atoms with E-state index < -0.39 is 0 Å². The molecule has 0 aliphatic carbocycles. The molecule has 0 saturated heterocycles. The van der Waals surface area contributed by atoms with Crippen LogP contribution >= 0.6 is 15.9 Å². The molecular formula is C15H15BrN2O2. The summed E-state index contributed by atoms with van der Waals surface area (Å²) in [4.78, 5) is 0. The van der Waals surface area contributed by atoms with Gasteiger partial charge in [-0.15, -0.1) is 0 Å². The summed E-state index contributed by atoms with van der Waals surface area (Å²) < 4.78 is 6.70. The fourth-order valence-corrected chi connectivity index (χ4v) is 2.09. The second-order valence-electron chi connectivity index (χ2n) is 4.47. The minimum atomic E-state index is 0.0105. The fourth-order valence-electron chi connectivity index (χ4n) is 1.75. The smallest absolute Gasteiger partial charge is 0.173 e. The van der Waals surface area contributed by atoms with Gasteiger partial charge < -0.3 is 15.7 Å². The Balaban J connectivity index is 2.41. The average molecular weight is 335 g/mol. The van der Waals surface area contributed by atoms with Crippen molar-refractivity contribution in [3.05, 3.63) is 57.6 Å². The van der Waals surface area contributed by atoms with Crippen LogP contribution in [0, 0.1) is 13.8 Å². The number of nitrogens with zero attached hydrogens (tertiary/aromatic N) is 1. The highest BCUT2D eigenvalue weighted by atomic mass is 79.9. The van der Waals surface area contributed by atoms with Crippen LogP contribution in [0.15, 0.2) is 46.0 Å². The van der Waals surface area contributed by atoms with E-state index in [0.717, 1.165) is 10.0 Å². The second-order valence-corrected chi connectivity index (χ2v) is 5.39. The molecule has 0 atom stereocenters. The van der Waals surface area contributed by atoms with Gasteiger partial charge in [-0.25, -0.2) is 0 Å². The molecule has 5 heteroatoms. The van der Waals surface area contributed by atoms with Gasteiger partial charge >= 0.3 is 0 Å². The maximum atomic E-state index is 8.82. The topological polar surface area (TPSA) is 67.8 Å². The lowest BCUT2D eigenvalue weighted by molar-refractivity contribution is 0.318. The summed E-state index contributed by atoms with van der Waals surface area (Å²) in [5.74, 6) is 1.24. The molecule has 2 rings (SSSR count). The molecule has 0 aliphatic heterocycles. The van der Waals surface area contributed by atoms with Crippen molar-refractivity contribution < 1.29 is 9.94 Å². The van der Waals surface area contributed by atoms with Gasteiger partial charge in [-0.2, -0.15) is 0 Å². The monoisotopic (exact) mass is 334 g/mol. The van der Waals surface area contributed by atoms with Gasteiger partial charge in [0.05, 0.1) is 5.56 Å². The number of hydrogen-bond donors (Lipinski definition) is 2. The van der Waals surface area contributed by atoms with E-state index in [2.05, 4.69) is 21.1 Å². The lowest BCUT2D eigenvalue weighted by Gasteiger charge is -2.12. The number of amidine groups is 1. The lowest BCUT2D eigenvalue weighted by atomic mass is 10.1. The van der Waals surface area contributed by atoms with Crippen molar-refractivity contribution >= 4 is 21.8 Å². The molecule has 0 saturated carbocycles. The van der Waals surface area contributed by atoms with Crippen LogP contribution < -0.4 is 10.5 Å². The first kappa shape index (κ1) is 14.4. The van der Waals surface area contributed by atoms with E-state index in [1.165, 1.54) is 5.56 Å². The second kappa shape index (κ2) is 5.96. The Morgan fingerprint density at radius 3 is 2.55 bits per heavy atom. The van der Waals surface area contributed by atoms with Gasteiger partial charge in [-0.3, -0.25) is 0 Å². The van der Waals surface area contributed by atoms with Crippen molar-refractivity contribution in [2.24, 2.45) is 10.9 Å². The summed E-state index contributed by atoms with van der Waals surface area (Å²) in [6, 6.07) is 11.1. The van der Waals surface area contributed by atoms with Crippen molar-refractivity contribution in [3.63, 3.8) is 0 Å². The van der Waals surface area contributed by atoms with Gasteiger partial charge in [-0.1, -0.05) is 27.2 Å². The van der Waals surface area contributed by atoms with Crippen LogP contribution in [-0.2, 0) is 0 Å². The number of oxime groups is 1. The molecule has 0 aliphatic rings. The van der Waals surface area contributed by atoms with Crippen LogP contribution in [-0.4, -0.2) is 11.0 Å². The van der Waals surface area contributed by atoms with Crippen LogP contribution in [0.2, 0.25) is 0 Å². The number of ether oxygens (including phenoxy) is 1. The summed E-state index contributed by atoms with van der Waals surface area (Å²) in [6.07, 6.45) is 0. The fraction of sp³-hybridized carbons (Fsp3) is 0.133. The van der Waals surface area contributed by atoms with Crippen LogP contribution in [0.25, 0.3) is 0 Å². The molecule has 20 heavy (non-hydrogen) atoms. The van der Waals surface area contributed by atoms with Crippen molar-refractivity contribution in [2.75, 3.05) is 0 Å². The van der Waals surface area contributed by atoms with Crippen molar-refractivity contribution in [3.8, 4) is 11.5 Å². The maximum absolute atomic E-state index is 8.82. The predicted molar refractivity (Wildman–Crippen MR) is 82.6 cm³/mol. The first-order valence-corrected chi connectivity index (χ1v) is 6.83. The van der Waals surface area contributed by atoms with Gasteiger partial charge in [0.1, 0.15) is 11.5 Å². The number of halogens is 1. The average Bonchev–Trinajstić information content (AvgIpc) is 2.42. The highest BCUT2D eigenvalue weighted by Gasteiger charge is 2.10. The Hall–Kier alpha value is -2.01. The van der Waals surface area contributed by atoms with Crippen molar-refractivity contribution in [2.45, 2.75) is 13.8 Å². The molecule has 0 spiro atoms. The van der Waals surface area contributed by atoms with Crippen LogP contribution in [0.4, 0.5) is 0 Å². The van der Waals surface area contributed by atoms with Gasteiger partial charge in [0.25, 0.3) is 0 Å². The molecule has 104 valence electrons. The standard InChI is InChI=1S/C15H15BrN2O2/c1-9-3-5-12(7-10(9)2)20-14-8-11(16)4-6-13(14)15(17)18-19/h3-8,19H,1-2H3,(H2,17,18). The number of aryl methyl sites for hydroxylation is 2. The third kappa shape index (κ3) is 3.11. The molecule has 0 amide bonds. The molecule has 0 heterocycles. The van der Waals surface area contributed by atoms with Gasteiger partial charge in [-0.05, 0) is 55.3 Å². The summed E-state index contributed by atoms with van der Waals surface area (Å²) in [5.41, 5.74) is 8.53. The number of rotatable bonds is 3. The van der Waals surface area contributed by atoms with Crippen molar-refractivity contribution in [1.29, 1.82) is 0 Å². The highest BCUT2D eigenvalue weighted by molar-refractivity contribution is 9.10. The Morgan fingerprint density at radius 1 is 1.15 bits per heavy atom. The number of nitrogens with two attached hydrogens (primary N) is 1. The Bertz CT molecular complexity index is 669. The Labute approximate surface area is 126 Å². The SMILES string of the molecule is Cc1ccc(Oc2cc(Br)ccc2/C(N)=N/O)cc1C. The first-order chi connectivity index (χ1) is 9.51. The van der Waals surface area contributed by atoms with E-state index in [1.807, 2.05) is 32.0 Å². The van der Waals surface area contributed by atoms with E-state index in [4.69, 9.17) is 15.7 Å². The zero-order chi connectivity index (χ0) is 14.7. The third-order valence-corrected chi connectivity index (χ3v) is 3.53. The Kier molecular flexibility index (Phi) is 4.29. The highest BCUT2D eigenvalue weighted by Crippen LogP contribution is 2.29. The van der Waals surface area contributed by atoms with E-state index in [1.54, 1.807) is 18.2 Å². The summed E-state index contributed by atoms with van der Waals surface area (Å²) in [6.45, 7) is 4.06.